The van der Waals surface area contributed by atoms with Gasteiger partial charge in [-0.1, -0.05) is 27.7 Å². The summed E-state index contributed by atoms with van der Waals surface area (Å²) in [7, 11) is 0. The van der Waals surface area contributed by atoms with Crippen LogP contribution < -0.4 is 20.3 Å². The number of rotatable bonds is 10. The van der Waals surface area contributed by atoms with Crippen molar-refractivity contribution in [2.75, 3.05) is 19.6 Å². The normalized spacial score (nSPS) is 18.1. The zero-order valence-corrected chi connectivity index (χ0v) is 36.7. The van der Waals surface area contributed by atoms with Gasteiger partial charge in [0.2, 0.25) is 11.7 Å². The molecular weight excluding hydrogens is 837 g/mol. The van der Waals surface area contributed by atoms with E-state index in [0.717, 1.165) is 16.5 Å². The summed E-state index contributed by atoms with van der Waals surface area (Å²) < 4.78 is 20.7. The second-order valence-electron chi connectivity index (χ2n) is 16.9. The van der Waals surface area contributed by atoms with Crippen LogP contribution in [0, 0.1) is 0 Å². The molecule has 0 spiro atoms. The summed E-state index contributed by atoms with van der Waals surface area (Å²) in [5.41, 5.74) is 3.67. The van der Waals surface area contributed by atoms with Gasteiger partial charge in [0.25, 0.3) is 11.5 Å². The minimum atomic E-state index is -1.73. The fraction of sp³-hybridized carbons (Fsp3) is 0.383. The van der Waals surface area contributed by atoms with Crippen LogP contribution in [-0.2, 0) is 29.9 Å². The molecule has 2 aromatic carbocycles. The first-order valence-corrected chi connectivity index (χ1v) is 21.9. The number of aliphatic hydroxyl groups excluding tert-OH is 1. The van der Waals surface area contributed by atoms with Gasteiger partial charge in [0.1, 0.15) is 29.0 Å². The number of aliphatic hydroxyl groups is 2. The molecule has 3 aliphatic heterocycles. The van der Waals surface area contributed by atoms with Crippen molar-refractivity contribution in [3.05, 3.63) is 98.7 Å². The van der Waals surface area contributed by atoms with Crippen LogP contribution in [0.25, 0.3) is 39.4 Å². The predicted molar refractivity (Wildman–Crippen MR) is 236 cm³/mol. The zero-order valence-electron chi connectivity index (χ0n) is 36.7. The Morgan fingerprint density at radius 1 is 1.00 bits per heavy atom. The molecule has 6 aromatic rings. The van der Waals surface area contributed by atoms with Gasteiger partial charge in [-0.2, -0.15) is 0 Å². The molecular formula is C47H50N8O10. The first kappa shape index (κ1) is 43.4. The number of aromatic hydroxyl groups is 2. The lowest BCUT2D eigenvalue weighted by atomic mass is 9.85. The number of hydrogen-bond acceptors (Lipinski definition) is 14. The third-order valence-electron chi connectivity index (χ3n) is 12.7. The van der Waals surface area contributed by atoms with E-state index in [-0.39, 0.29) is 65.9 Å². The summed E-state index contributed by atoms with van der Waals surface area (Å²) in [4.78, 5) is 51.5. The van der Waals surface area contributed by atoms with Gasteiger partial charge in [-0.05, 0) is 73.2 Å². The van der Waals surface area contributed by atoms with Gasteiger partial charge < -0.3 is 49.4 Å². The van der Waals surface area contributed by atoms with Gasteiger partial charge in [0, 0.05) is 66.7 Å². The van der Waals surface area contributed by atoms with Crippen molar-refractivity contribution in [1.82, 2.24) is 39.5 Å². The van der Waals surface area contributed by atoms with Crippen LogP contribution in [0.5, 0.6) is 23.1 Å². The number of ether oxygens (including phenoxy) is 3. The Morgan fingerprint density at radius 2 is 1.78 bits per heavy atom. The monoisotopic (exact) mass is 886 g/mol. The van der Waals surface area contributed by atoms with Gasteiger partial charge in [0.15, 0.2) is 12.1 Å². The van der Waals surface area contributed by atoms with E-state index in [2.05, 4.69) is 20.5 Å². The predicted octanol–water partition coefficient (Wildman–Crippen LogP) is 5.40. The summed E-state index contributed by atoms with van der Waals surface area (Å²) >= 11 is 0. The Hall–Kier alpha value is -6.89. The second-order valence-corrected chi connectivity index (χ2v) is 16.9. The van der Waals surface area contributed by atoms with Crippen molar-refractivity contribution >= 4 is 22.9 Å². The van der Waals surface area contributed by atoms with Gasteiger partial charge in [-0.25, -0.2) is 14.8 Å². The van der Waals surface area contributed by atoms with Crippen LogP contribution in [0.3, 0.4) is 0 Å². The Labute approximate surface area is 373 Å². The highest BCUT2D eigenvalue weighted by molar-refractivity contribution is 5.92. The third-order valence-corrected chi connectivity index (χ3v) is 12.7. The van der Waals surface area contributed by atoms with Crippen LogP contribution >= 0.6 is 0 Å². The van der Waals surface area contributed by atoms with Gasteiger partial charge in [-0.3, -0.25) is 14.2 Å². The number of benzene rings is 2. The standard InChI is InChI=1S/C47H50N8O10/c1-6-28-30-17-27(10-11-35(30)50-40-32(28)22-54-36(40)19-34-33(44(54)59)23-63-45(60)47(34,62)7-2)65-46(61)53-15-13-26(14-16-53)64-39-12-9-25(21-49-39)55-41(51-52-42(55)43(58)48-8-3)31-18-29(24(4)5)37(56)20-38(31)57/h9-12,17-21,24,26,45,56-57,60,62H,6-8,13-16,22-23H2,1-5H3,(H,48,58). The number of hydrogen-bond donors (Lipinski definition) is 5. The van der Waals surface area contributed by atoms with Crippen molar-refractivity contribution < 1.29 is 44.2 Å². The third kappa shape index (κ3) is 7.50. The van der Waals surface area contributed by atoms with Crippen LogP contribution in [0.2, 0.25) is 0 Å². The molecule has 2 amide bonds. The molecule has 338 valence electrons. The lowest BCUT2D eigenvalue weighted by Crippen LogP contribution is -2.47. The number of carbonyl (C=O) groups is 2. The number of nitrogens with zero attached hydrogens (tertiary/aromatic N) is 7. The second kappa shape index (κ2) is 16.9. The highest BCUT2D eigenvalue weighted by Gasteiger charge is 2.44. The van der Waals surface area contributed by atoms with E-state index in [1.165, 1.54) is 16.8 Å². The molecule has 1 saturated heterocycles. The minimum Gasteiger partial charge on any atom is -0.508 e. The zero-order chi connectivity index (χ0) is 45.9. The van der Waals surface area contributed by atoms with Crippen LogP contribution in [-0.4, -0.2) is 98.7 Å². The summed E-state index contributed by atoms with van der Waals surface area (Å²) in [6, 6.07) is 13.3. The number of fused-ring (bicyclic) bond motifs is 5. The number of phenolic OH excluding ortho intramolecular Hbond substituents is 2. The molecule has 7 heterocycles. The van der Waals surface area contributed by atoms with Crippen LogP contribution in [0.4, 0.5) is 4.79 Å². The van der Waals surface area contributed by atoms with Crippen molar-refractivity contribution in [2.45, 2.75) is 97.4 Å². The van der Waals surface area contributed by atoms with E-state index in [1.54, 1.807) is 65.8 Å². The number of piperidine rings is 1. The van der Waals surface area contributed by atoms with E-state index in [0.29, 0.717) is 89.8 Å². The highest BCUT2D eigenvalue weighted by Crippen LogP contribution is 2.42. The van der Waals surface area contributed by atoms with Crippen LogP contribution in [0.15, 0.2) is 59.5 Å². The summed E-state index contributed by atoms with van der Waals surface area (Å²) in [5, 5.41) is 55.2. The summed E-state index contributed by atoms with van der Waals surface area (Å²) in [6.45, 7) is 10.6. The fourth-order valence-corrected chi connectivity index (χ4v) is 9.11. The van der Waals surface area contributed by atoms with E-state index in [4.69, 9.17) is 19.2 Å². The first-order valence-electron chi connectivity index (χ1n) is 21.9. The maximum Gasteiger partial charge on any atom is 0.415 e. The Morgan fingerprint density at radius 3 is 2.48 bits per heavy atom. The molecule has 65 heavy (non-hydrogen) atoms. The van der Waals surface area contributed by atoms with Gasteiger partial charge in [0.05, 0.1) is 47.5 Å². The quantitative estimate of drug-likeness (QED) is 0.116. The SMILES string of the molecule is CCNC(=O)c1nnc(-c2cc(C(C)C)c(O)cc2O)n1-c1ccc(OC2CCN(C(=O)Oc3ccc4nc5c(c(CC)c4c3)Cn3c-5cc4c(c3=O)COC(O)C4(O)CC)CC2)nc1. The number of pyridine rings is 3. The molecule has 2 atom stereocenters. The number of amides is 2. The number of nitrogens with one attached hydrogen (secondary N) is 1. The molecule has 0 saturated carbocycles. The van der Waals surface area contributed by atoms with E-state index >= 15 is 0 Å². The lowest BCUT2D eigenvalue weighted by molar-refractivity contribution is -0.236. The number of aromatic nitrogens is 6. The van der Waals surface area contributed by atoms with Crippen LogP contribution in [0.1, 0.15) is 98.2 Å². The number of phenols is 2. The molecule has 0 bridgehead atoms. The lowest BCUT2D eigenvalue weighted by Gasteiger charge is -2.37. The number of carbonyl (C=O) groups excluding carboxylic acids is 2. The average molecular weight is 887 g/mol. The molecule has 0 radical (unpaired) electrons. The molecule has 2 unspecified atom stereocenters. The van der Waals surface area contributed by atoms with Crippen molar-refractivity contribution in [2.24, 2.45) is 0 Å². The summed E-state index contributed by atoms with van der Waals surface area (Å²) in [6.07, 6.45) is 1.13. The fourth-order valence-electron chi connectivity index (χ4n) is 9.11. The Bertz CT molecular complexity index is 2920. The molecule has 1 fully saturated rings. The Kier molecular flexibility index (Phi) is 11.3. The van der Waals surface area contributed by atoms with Crippen molar-refractivity contribution in [3.63, 3.8) is 0 Å². The summed E-state index contributed by atoms with van der Waals surface area (Å²) in [5.74, 6) is 0.0425. The van der Waals surface area contributed by atoms with E-state index in [9.17, 15) is 34.8 Å². The molecule has 4 aromatic heterocycles. The molecule has 5 N–H and O–H groups in total. The topological polar surface area (TPSA) is 237 Å². The van der Waals surface area contributed by atoms with E-state index in [1.807, 2.05) is 20.8 Å². The smallest absolute Gasteiger partial charge is 0.415 e. The molecule has 18 nitrogen and oxygen atoms in total. The highest BCUT2D eigenvalue weighted by atomic mass is 16.6. The largest absolute Gasteiger partial charge is 0.508 e. The van der Waals surface area contributed by atoms with Crippen molar-refractivity contribution in [1.29, 1.82) is 0 Å². The molecule has 9 rings (SSSR count). The van der Waals surface area contributed by atoms with Gasteiger partial charge >= 0.3 is 6.09 Å². The minimum absolute atomic E-state index is 0.0159. The van der Waals surface area contributed by atoms with Crippen molar-refractivity contribution in [3.8, 4) is 51.6 Å². The maximum atomic E-state index is 13.8. The van der Waals surface area contributed by atoms with E-state index < -0.39 is 23.9 Å². The molecule has 18 heteroatoms. The Balaban J connectivity index is 0.879. The molecule has 0 aliphatic carbocycles. The first-order chi connectivity index (χ1) is 31.2. The number of likely N-dealkylation sites (tertiary alicyclic amines) is 1. The maximum absolute atomic E-state index is 13.8. The number of aryl methyl sites for hydroxylation is 1. The van der Waals surface area contributed by atoms with Gasteiger partial charge in [-0.15, -0.1) is 10.2 Å². The molecule has 3 aliphatic rings. The average Bonchev–Trinajstić information content (AvgIpc) is 3.90.